The number of non-ortho nitro benzene ring substituents is 1. The van der Waals surface area contributed by atoms with Crippen LogP contribution in [0, 0.1) is 10.1 Å². The van der Waals surface area contributed by atoms with Gasteiger partial charge in [-0.1, -0.05) is 0 Å². The van der Waals surface area contributed by atoms with Gasteiger partial charge in [-0.25, -0.2) is 0 Å². The van der Waals surface area contributed by atoms with Crippen molar-refractivity contribution in [2.45, 2.75) is 13.3 Å². The van der Waals surface area contributed by atoms with Crippen LogP contribution < -0.4 is 0 Å². The molecule has 7 nitrogen and oxygen atoms in total. The molecular formula is C14H17N3O4. The Labute approximate surface area is 122 Å². The van der Waals surface area contributed by atoms with Gasteiger partial charge in [0.15, 0.2) is 0 Å². The van der Waals surface area contributed by atoms with Crippen LogP contribution in [-0.2, 0) is 4.79 Å². The van der Waals surface area contributed by atoms with Crippen LogP contribution in [0.15, 0.2) is 24.3 Å². The van der Waals surface area contributed by atoms with Crippen molar-refractivity contribution >= 4 is 17.5 Å². The van der Waals surface area contributed by atoms with Crippen LogP contribution in [0.5, 0.6) is 0 Å². The fourth-order valence-electron chi connectivity index (χ4n) is 2.34. The average Bonchev–Trinajstić information content (AvgIpc) is 2.72. The second-order valence-electron chi connectivity index (χ2n) is 4.96. The molecule has 2 rings (SSSR count). The Balaban J connectivity index is 2.05. The molecule has 2 amide bonds. The van der Waals surface area contributed by atoms with E-state index in [4.69, 9.17) is 0 Å². The molecule has 0 aliphatic carbocycles. The molecular weight excluding hydrogens is 274 g/mol. The number of nitro groups is 1. The highest BCUT2D eigenvalue weighted by atomic mass is 16.6. The number of benzene rings is 1. The molecule has 0 bridgehead atoms. The fraction of sp³-hybridized carbons (Fsp3) is 0.429. The van der Waals surface area contributed by atoms with E-state index >= 15 is 0 Å². The van der Waals surface area contributed by atoms with E-state index in [1.165, 1.54) is 31.2 Å². The van der Waals surface area contributed by atoms with Gasteiger partial charge in [0.05, 0.1) is 4.92 Å². The Morgan fingerprint density at radius 2 is 1.62 bits per heavy atom. The number of carbonyl (C=O) groups is 2. The van der Waals surface area contributed by atoms with Gasteiger partial charge in [-0.2, -0.15) is 0 Å². The molecule has 1 aliphatic heterocycles. The summed E-state index contributed by atoms with van der Waals surface area (Å²) in [5.74, 6) is -0.144. The van der Waals surface area contributed by atoms with Crippen molar-refractivity contribution in [2.75, 3.05) is 26.2 Å². The maximum Gasteiger partial charge on any atom is 0.269 e. The predicted octanol–water partition coefficient (Wildman–Crippen LogP) is 1.29. The van der Waals surface area contributed by atoms with Crippen LogP contribution in [0.2, 0.25) is 0 Å². The minimum atomic E-state index is -0.495. The number of hydrogen-bond acceptors (Lipinski definition) is 4. The summed E-state index contributed by atoms with van der Waals surface area (Å²) in [6.07, 6.45) is 0.734. The van der Waals surface area contributed by atoms with Crippen LogP contribution in [-0.4, -0.2) is 52.7 Å². The summed E-state index contributed by atoms with van der Waals surface area (Å²) in [5.41, 5.74) is 0.391. The van der Waals surface area contributed by atoms with Gasteiger partial charge < -0.3 is 9.80 Å². The SMILES string of the molecule is CC(=O)N1CCCN(C(=O)c2ccc([N+](=O)[O-])cc2)CC1. The number of rotatable bonds is 2. The third kappa shape index (κ3) is 3.56. The van der Waals surface area contributed by atoms with E-state index in [1.807, 2.05) is 0 Å². The molecule has 0 saturated carbocycles. The lowest BCUT2D eigenvalue weighted by Gasteiger charge is -2.21. The Morgan fingerprint density at radius 1 is 1.05 bits per heavy atom. The van der Waals surface area contributed by atoms with Gasteiger partial charge in [-0.3, -0.25) is 19.7 Å². The summed E-state index contributed by atoms with van der Waals surface area (Å²) in [4.78, 5) is 37.2. The summed E-state index contributed by atoms with van der Waals surface area (Å²) < 4.78 is 0. The molecule has 1 saturated heterocycles. The lowest BCUT2D eigenvalue weighted by molar-refractivity contribution is -0.384. The lowest BCUT2D eigenvalue weighted by atomic mass is 10.2. The van der Waals surface area contributed by atoms with Crippen LogP contribution in [0.4, 0.5) is 5.69 Å². The molecule has 1 aromatic rings. The second-order valence-corrected chi connectivity index (χ2v) is 4.96. The summed E-state index contributed by atoms with van der Waals surface area (Å²) in [5, 5.41) is 10.6. The fourth-order valence-corrected chi connectivity index (χ4v) is 2.34. The Hall–Kier alpha value is -2.44. The first-order chi connectivity index (χ1) is 9.99. The predicted molar refractivity (Wildman–Crippen MR) is 75.9 cm³/mol. The highest BCUT2D eigenvalue weighted by Crippen LogP contribution is 2.14. The Morgan fingerprint density at radius 3 is 2.19 bits per heavy atom. The first-order valence-corrected chi connectivity index (χ1v) is 6.78. The van der Waals surface area contributed by atoms with E-state index in [0.29, 0.717) is 31.7 Å². The van der Waals surface area contributed by atoms with Crippen molar-refractivity contribution in [2.24, 2.45) is 0 Å². The van der Waals surface area contributed by atoms with E-state index in [9.17, 15) is 19.7 Å². The standard InChI is InChI=1S/C14H17N3O4/c1-11(18)15-7-2-8-16(10-9-15)14(19)12-3-5-13(6-4-12)17(20)21/h3-6H,2,7-10H2,1H3. The van der Waals surface area contributed by atoms with Crippen LogP contribution >= 0.6 is 0 Å². The minimum absolute atomic E-state index is 0.0136. The van der Waals surface area contributed by atoms with E-state index < -0.39 is 4.92 Å². The number of amides is 2. The summed E-state index contributed by atoms with van der Waals surface area (Å²) in [7, 11) is 0. The summed E-state index contributed by atoms with van der Waals surface area (Å²) in [6, 6.07) is 5.59. The largest absolute Gasteiger partial charge is 0.341 e. The molecule has 0 N–H and O–H groups in total. The van der Waals surface area contributed by atoms with Crippen molar-refractivity contribution in [1.29, 1.82) is 0 Å². The molecule has 21 heavy (non-hydrogen) atoms. The summed E-state index contributed by atoms with van der Waals surface area (Å²) in [6.45, 7) is 3.76. The van der Waals surface area contributed by atoms with Crippen molar-refractivity contribution in [3.8, 4) is 0 Å². The Bertz CT molecular complexity index is 556. The first kappa shape index (κ1) is 15.0. The van der Waals surface area contributed by atoms with Crippen molar-refractivity contribution in [3.05, 3.63) is 39.9 Å². The van der Waals surface area contributed by atoms with Crippen LogP contribution in [0.3, 0.4) is 0 Å². The highest BCUT2D eigenvalue weighted by molar-refractivity contribution is 5.94. The normalized spacial score (nSPS) is 15.5. The molecule has 0 radical (unpaired) electrons. The second kappa shape index (κ2) is 6.34. The van der Waals surface area contributed by atoms with Crippen LogP contribution in [0.25, 0.3) is 0 Å². The molecule has 1 aliphatic rings. The molecule has 112 valence electrons. The van der Waals surface area contributed by atoms with E-state index in [-0.39, 0.29) is 17.5 Å². The minimum Gasteiger partial charge on any atom is -0.341 e. The Kier molecular flexibility index (Phi) is 4.52. The molecule has 0 aromatic heterocycles. The molecule has 1 aromatic carbocycles. The number of carbonyl (C=O) groups excluding carboxylic acids is 2. The van der Waals surface area contributed by atoms with E-state index in [1.54, 1.807) is 9.80 Å². The zero-order chi connectivity index (χ0) is 15.4. The quantitative estimate of drug-likeness (QED) is 0.607. The zero-order valence-corrected chi connectivity index (χ0v) is 11.8. The molecule has 0 spiro atoms. The number of nitrogens with zero attached hydrogens (tertiary/aromatic N) is 3. The van der Waals surface area contributed by atoms with Gasteiger partial charge in [0.1, 0.15) is 0 Å². The van der Waals surface area contributed by atoms with Crippen molar-refractivity contribution < 1.29 is 14.5 Å². The van der Waals surface area contributed by atoms with Crippen molar-refractivity contribution in [1.82, 2.24) is 9.80 Å². The van der Waals surface area contributed by atoms with E-state index in [0.717, 1.165) is 6.42 Å². The monoisotopic (exact) mass is 291 g/mol. The topological polar surface area (TPSA) is 83.8 Å². The van der Waals surface area contributed by atoms with Gasteiger partial charge in [-0.15, -0.1) is 0 Å². The zero-order valence-electron chi connectivity index (χ0n) is 11.8. The molecule has 1 heterocycles. The van der Waals surface area contributed by atoms with Gasteiger partial charge in [0.2, 0.25) is 5.91 Å². The van der Waals surface area contributed by atoms with Crippen molar-refractivity contribution in [3.63, 3.8) is 0 Å². The summed E-state index contributed by atoms with van der Waals surface area (Å²) >= 11 is 0. The van der Waals surface area contributed by atoms with Gasteiger partial charge in [-0.05, 0) is 18.6 Å². The van der Waals surface area contributed by atoms with Gasteiger partial charge >= 0.3 is 0 Å². The highest BCUT2D eigenvalue weighted by Gasteiger charge is 2.21. The van der Waals surface area contributed by atoms with E-state index in [2.05, 4.69) is 0 Å². The molecule has 1 fully saturated rings. The maximum absolute atomic E-state index is 12.4. The smallest absolute Gasteiger partial charge is 0.269 e. The molecule has 0 unspecified atom stereocenters. The van der Waals surface area contributed by atoms with Gasteiger partial charge in [0.25, 0.3) is 11.6 Å². The third-order valence-corrected chi connectivity index (χ3v) is 3.55. The molecule has 0 atom stereocenters. The average molecular weight is 291 g/mol. The molecule has 7 heteroatoms. The number of nitro benzene ring substituents is 1. The number of hydrogen-bond donors (Lipinski definition) is 0. The third-order valence-electron chi connectivity index (χ3n) is 3.55. The first-order valence-electron chi connectivity index (χ1n) is 6.78. The lowest BCUT2D eigenvalue weighted by Crippen LogP contribution is -2.36. The maximum atomic E-state index is 12.4. The van der Waals surface area contributed by atoms with Gasteiger partial charge in [0, 0.05) is 50.8 Å². The van der Waals surface area contributed by atoms with Crippen LogP contribution in [0.1, 0.15) is 23.7 Å².